The minimum Gasteiger partial charge on any atom is -0.325 e. The van der Waals surface area contributed by atoms with Crippen molar-refractivity contribution in [2.45, 2.75) is 25.8 Å². The van der Waals surface area contributed by atoms with Crippen LogP contribution in [0.2, 0.25) is 0 Å². The Morgan fingerprint density at radius 1 is 1.03 bits per heavy atom. The molecule has 7 nitrogen and oxygen atoms in total. The molecule has 0 saturated heterocycles. The van der Waals surface area contributed by atoms with Gasteiger partial charge in [-0.1, -0.05) is 18.2 Å². The van der Waals surface area contributed by atoms with E-state index in [-0.39, 0.29) is 18.0 Å². The van der Waals surface area contributed by atoms with Crippen LogP contribution in [0.3, 0.4) is 0 Å². The van der Waals surface area contributed by atoms with Crippen LogP contribution in [0.4, 0.5) is 17.1 Å². The highest BCUT2D eigenvalue weighted by Crippen LogP contribution is 2.34. The van der Waals surface area contributed by atoms with E-state index in [4.69, 9.17) is 0 Å². The lowest BCUT2D eigenvalue weighted by molar-refractivity contribution is -0.116. The van der Waals surface area contributed by atoms with E-state index < -0.39 is 0 Å². The summed E-state index contributed by atoms with van der Waals surface area (Å²) in [6.07, 6.45) is 4.46. The maximum absolute atomic E-state index is 12.9. The molecule has 2 aromatic carbocycles. The molecule has 5 rings (SSSR count). The molecule has 1 amide bonds. The molecular formula is C23H19N5O2S. The minimum absolute atomic E-state index is 0.0815. The van der Waals surface area contributed by atoms with Gasteiger partial charge in [0.1, 0.15) is 11.4 Å². The molecule has 2 aromatic heterocycles. The van der Waals surface area contributed by atoms with Crippen molar-refractivity contribution >= 4 is 44.5 Å². The normalized spacial score (nSPS) is 13.0. The van der Waals surface area contributed by atoms with E-state index in [2.05, 4.69) is 20.5 Å². The number of benzene rings is 2. The van der Waals surface area contributed by atoms with Crippen LogP contribution < -0.4 is 10.9 Å². The van der Waals surface area contributed by atoms with E-state index in [1.54, 1.807) is 35.6 Å². The van der Waals surface area contributed by atoms with E-state index in [9.17, 15) is 9.59 Å². The topological polar surface area (TPSA) is 88.7 Å². The first-order valence-electron chi connectivity index (χ1n) is 10.0. The zero-order valence-electron chi connectivity index (χ0n) is 16.6. The van der Waals surface area contributed by atoms with Gasteiger partial charge in [0.05, 0.1) is 23.1 Å². The molecule has 31 heavy (non-hydrogen) atoms. The summed E-state index contributed by atoms with van der Waals surface area (Å²) >= 11 is 1.59. The van der Waals surface area contributed by atoms with Crippen LogP contribution >= 0.6 is 11.3 Å². The fourth-order valence-electron chi connectivity index (χ4n) is 3.71. The number of nitrogens with zero attached hydrogens (tertiary/aromatic N) is 4. The van der Waals surface area contributed by atoms with Gasteiger partial charge in [-0.2, -0.15) is 10.2 Å². The number of rotatable bonds is 5. The molecule has 0 atom stereocenters. The average Bonchev–Trinajstić information content (AvgIpc) is 3.37. The molecule has 1 N–H and O–H groups in total. The lowest BCUT2D eigenvalue weighted by Gasteiger charge is -2.08. The standard InChI is InChI=1S/C23H19N5O2S/c29-20(13-28-14-24-22-21(23(28)30)18-7-4-8-19(18)31-22)25-15-9-11-17(12-10-15)27-26-16-5-2-1-3-6-16/h1-3,5-6,9-12,14H,4,7-8,13H2,(H,25,29). The quantitative estimate of drug-likeness (QED) is 0.453. The molecule has 0 radical (unpaired) electrons. The Morgan fingerprint density at radius 2 is 1.77 bits per heavy atom. The van der Waals surface area contributed by atoms with Crippen LogP contribution in [0, 0.1) is 0 Å². The third kappa shape index (κ3) is 4.02. The number of carbonyl (C=O) groups excluding carboxylic acids is 1. The van der Waals surface area contributed by atoms with Crippen molar-refractivity contribution in [1.82, 2.24) is 9.55 Å². The van der Waals surface area contributed by atoms with E-state index in [0.29, 0.717) is 16.8 Å². The van der Waals surface area contributed by atoms with Crippen molar-refractivity contribution in [3.8, 4) is 0 Å². The SMILES string of the molecule is O=C(Cn1cnc2sc3c(c2c1=O)CCC3)Nc1ccc(N=Nc2ccccc2)cc1. The number of hydrogen-bond donors (Lipinski definition) is 1. The largest absolute Gasteiger partial charge is 0.325 e. The van der Waals surface area contributed by atoms with Crippen molar-refractivity contribution < 1.29 is 4.79 Å². The number of carbonyl (C=O) groups is 1. The van der Waals surface area contributed by atoms with E-state index in [1.165, 1.54) is 15.8 Å². The number of fused-ring (bicyclic) bond motifs is 3. The minimum atomic E-state index is -0.284. The average molecular weight is 430 g/mol. The first kappa shape index (κ1) is 19.3. The van der Waals surface area contributed by atoms with Gasteiger partial charge in [0.2, 0.25) is 5.91 Å². The van der Waals surface area contributed by atoms with Gasteiger partial charge < -0.3 is 5.32 Å². The summed E-state index contributed by atoms with van der Waals surface area (Å²) in [6.45, 7) is -0.0815. The Hall–Kier alpha value is -3.65. The number of hydrogen-bond acceptors (Lipinski definition) is 6. The first-order valence-corrected chi connectivity index (χ1v) is 10.9. The molecule has 1 aliphatic carbocycles. The second-order valence-electron chi connectivity index (χ2n) is 7.35. The molecule has 154 valence electrons. The number of amides is 1. The van der Waals surface area contributed by atoms with E-state index in [0.717, 1.165) is 35.3 Å². The molecule has 0 fully saturated rings. The molecule has 4 aromatic rings. The summed E-state index contributed by atoms with van der Waals surface area (Å²) in [5, 5.41) is 11.9. The maximum atomic E-state index is 12.9. The zero-order chi connectivity index (χ0) is 21.2. The molecule has 8 heteroatoms. The van der Waals surface area contributed by atoms with Crippen LogP contribution in [-0.2, 0) is 24.2 Å². The number of nitrogens with one attached hydrogen (secondary N) is 1. The Kier molecular flexibility index (Phi) is 5.13. The van der Waals surface area contributed by atoms with Crippen molar-refractivity contribution in [1.29, 1.82) is 0 Å². The third-order valence-corrected chi connectivity index (χ3v) is 6.39. The number of thiophene rings is 1. The molecule has 0 saturated carbocycles. The van der Waals surface area contributed by atoms with Crippen molar-refractivity contribution in [2.75, 3.05) is 5.32 Å². The Balaban J connectivity index is 1.27. The molecule has 1 aliphatic rings. The predicted molar refractivity (Wildman–Crippen MR) is 122 cm³/mol. The predicted octanol–water partition coefficient (Wildman–Crippen LogP) is 5.00. The Labute approximate surface area is 182 Å². The van der Waals surface area contributed by atoms with Gasteiger partial charge in [0.25, 0.3) is 5.56 Å². The first-order chi connectivity index (χ1) is 15.2. The van der Waals surface area contributed by atoms with Gasteiger partial charge in [-0.25, -0.2) is 4.98 Å². The number of aromatic nitrogens is 2. The fourth-order valence-corrected chi connectivity index (χ4v) is 4.93. The molecular weight excluding hydrogens is 410 g/mol. The molecule has 0 aliphatic heterocycles. The zero-order valence-corrected chi connectivity index (χ0v) is 17.4. The van der Waals surface area contributed by atoms with Gasteiger partial charge in [0, 0.05) is 10.6 Å². The van der Waals surface area contributed by atoms with Gasteiger partial charge >= 0.3 is 0 Å². The smallest absolute Gasteiger partial charge is 0.262 e. The number of aryl methyl sites for hydroxylation is 2. The molecule has 0 bridgehead atoms. The summed E-state index contributed by atoms with van der Waals surface area (Å²) in [4.78, 5) is 31.8. The number of anilines is 1. The number of azo groups is 1. The highest BCUT2D eigenvalue weighted by molar-refractivity contribution is 7.18. The Morgan fingerprint density at radius 3 is 2.55 bits per heavy atom. The summed E-state index contributed by atoms with van der Waals surface area (Å²) in [6, 6.07) is 16.5. The van der Waals surface area contributed by atoms with Gasteiger partial charge in [0.15, 0.2) is 0 Å². The molecule has 0 spiro atoms. The monoisotopic (exact) mass is 429 g/mol. The van der Waals surface area contributed by atoms with Gasteiger partial charge in [-0.3, -0.25) is 14.2 Å². The maximum Gasteiger partial charge on any atom is 0.262 e. The van der Waals surface area contributed by atoms with Gasteiger partial charge in [-0.05, 0) is 61.2 Å². The van der Waals surface area contributed by atoms with E-state index in [1.807, 2.05) is 30.3 Å². The Bertz CT molecular complexity index is 1340. The van der Waals surface area contributed by atoms with Crippen LogP contribution in [0.1, 0.15) is 16.9 Å². The summed E-state index contributed by atoms with van der Waals surface area (Å²) in [7, 11) is 0. The van der Waals surface area contributed by atoms with Crippen molar-refractivity contribution in [3.63, 3.8) is 0 Å². The summed E-state index contributed by atoms with van der Waals surface area (Å²) in [5.74, 6) is -0.284. The van der Waals surface area contributed by atoms with Crippen LogP contribution in [0.25, 0.3) is 10.2 Å². The second kappa shape index (κ2) is 8.23. The lowest BCUT2D eigenvalue weighted by Crippen LogP contribution is -2.27. The highest BCUT2D eigenvalue weighted by Gasteiger charge is 2.21. The molecule has 2 heterocycles. The second-order valence-corrected chi connectivity index (χ2v) is 8.43. The summed E-state index contributed by atoms with van der Waals surface area (Å²) < 4.78 is 1.38. The van der Waals surface area contributed by atoms with Crippen molar-refractivity contribution in [2.24, 2.45) is 10.2 Å². The van der Waals surface area contributed by atoms with Crippen LogP contribution in [0.15, 0.2) is 75.9 Å². The van der Waals surface area contributed by atoms with Crippen molar-refractivity contribution in [3.05, 3.63) is 81.7 Å². The van der Waals surface area contributed by atoms with Crippen LogP contribution in [-0.4, -0.2) is 15.5 Å². The lowest BCUT2D eigenvalue weighted by atomic mass is 10.2. The third-order valence-electron chi connectivity index (χ3n) is 5.19. The van der Waals surface area contributed by atoms with E-state index >= 15 is 0 Å². The van der Waals surface area contributed by atoms with Gasteiger partial charge in [-0.15, -0.1) is 11.3 Å². The molecule has 0 unspecified atom stereocenters. The van der Waals surface area contributed by atoms with Crippen LogP contribution in [0.5, 0.6) is 0 Å². The summed E-state index contributed by atoms with van der Waals surface area (Å²) in [5.41, 5.74) is 3.05. The highest BCUT2D eigenvalue weighted by atomic mass is 32.1. The fraction of sp³-hybridized carbons (Fsp3) is 0.174.